The molecule has 1 aromatic heterocycles. The van der Waals surface area contributed by atoms with Crippen LogP contribution in [0.3, 0.4) is 0 Å². The zero-order valence-electron chi connectivity index (χ0n) is 9.88. The first-order valence-corrected chi connectivity index (χ1v) is 6.40. The second-order valence-corrected chi connectivity index (χ2v) is 4.91. The molecule has 3 nitrogen and oxygen atoms in total. The summed E-state index contributed by atoms with van der Waals surface area (Å²) in [5.41, 5.74) is 7.56. The van der Waals surface area contributed by atoms with Gasteiger partial charge in [-0.15, -0.1) is 0 Å². The van der Waals surface area contributed by atoms with E-state index in [1.54, 1.807) is 0 Å². The first-order valence-electron chi connectivity index (χ1n) is 5.62. The lowest BCUT2D eigenvalue weighted by molar-refractivity contribution is 0.474. The molecule has 0 aliphatic heterocycles. The lowest BCUT2D eigenvalue weighted by Crippen LogP contribution is -1.90. The van der Waals surface area contributed by atoms with Gasteiger partial charge >= 0.3 is 0 Å². The molecular formula is C14H12N2OS. The average molecular weight is 256 g/mol. The maximum Gasteiger partial charge on any atom is 0.238 e. The number of rotatable bonds is 2. The Morgan fingerprint density at radius 3 is 2.83 bits per heavy atom. The van der Waals surface area contributed by atoms with Crippen molar-refractivity contribution in [1.82, 2.24) is 4.37 Å². The molecule has 3 rings (SSSR count). The molecule has 2 N–H and O–H groups in total. The number of hydrogen-bond acceptors (Lipinski definition) is 4. The van der Waals surface area contributed by atoms with E-state index in [0.717, 1.165) is 27.1 Å². The standard InChI is InChI=1S/C14H12N2OS/c1-9-8-10(6-7-12(9)15)17-14-11-4-2-3-5-13(11)18-16-14/h2-8H,15H2,1H3. The second-order valence-electron chi connectivity index (χ2n) is 4.10. The Kier molecular flexibility index (Phi) is 2.64. The van der Waals surface area contributed by atoms with Crippen molar-refractivity contribution in [2.45, 2.75) is 6.92 Å². The highest BCUT2D eigenvalue weighted by Gasteiger charge is 2.08. The van der Waals surface area contributed by atoms with Crippen molar-refractivity contribution >= 4 is 27.3 Å². The number of ether oxygens (including phenoxy) is 1. The molecule has 4 heteroatoms. The molecule has 18 heavy (non-hydrogen) atoms. The van der Waals surface area contributed by atoms with Crippen LogP contribution in [-0.4, -0.2) is 4.37 Å². The average Bonchev–Trinajstić information content (AvgIpc) is 2.78. The maximum atomic E-state index is 5.81. The number of nitrogen functional groups attached to an aromatic ring is 1. The third kappa shape index (κ3) is 1.91. The largest absolute Gasteiger partial charge is 0.438 e. The minimum atomic E-state index is 0.653. The van der Waals surface area contributed by atoms with Crippen LogP contribution in [-0.2, 0) is 0 Å². The van der Waals surface area contributed by atoms with Crippen LogP contribution in [0, 0.1) is 6.92 Å². The van der Waals surface area contributed by atoms with Gasteiger partial charge in [0, 0.05) is 5.69 Å². The number of aryl methyl sites for hydroxylation is 1. The molecule has 0 fully saturated rings. The molecule has 0 saturated carbocycles. The van der Waals surface area contributed by atoms with Crippen LogP contribution in [0.25, 0.3) is 10.1 Å². The Labute approximate surface area is 109 Å². The number of nitrogens with two attached hydrogens (primary N) is 1. The van der Waals surface area contributed by atoms with Crippen LogP contribution in [0.4, 0.5) is 5.69 Å². The molecule has 2 aromatic carbocycles. The molecule has 0 aliphatic carbocycles. The van der Waals surface area contributed by atoms with Crippen LogP contribution < -0.4 is 10.5 Å². The molecule has 1 heterocycles. The third-order valence-corrected chi connectivity index (χ3v) is 3.61. The summed E-state index contributed by atoms with van der Waals surface area (Å²) in [5.74, 6) is 1.41. The summed E-state index contributed by atoms with van der Waals surface area (Å²) < 4.78 is 11.3. The number of anilines is 1. The Morgan fingerprint density at radius 1 is 1.17 bits per heavy atom. The maximum absolute atomic E-state index is 5.81. The number of hydrogen-bond donors (Lipinski definition) is 1. The molecule has 90 valence electrons. The summed E-state index contributed by atoms with van der Waals surface area (Å²) in [7, 11) is 0. The monoisotopic (exact) mass is 256 g/mol. The number of fused-ring (bicyclic) bond motifs is 1. The van der Waals surface area contributed by atoms with E-state index in [-0.39, 0.29) is 0 Å². The quantitative estimate of drug-likeness (QED) is 0.705. The minimum Gasteiger partial charge on any atom is -0.438 e. The van der Waals surface area contributed by atoms with E-state index in [1.165, 1.54) is 11.5 Å². The van der Waals surface area contributed by atoms with Crippen molar-refractivity contribution in [1.29, 1.82) is 0 Å². The summed E-state index contributed by atoms with van der Waals surface area (Å²) in [4.78, 5) is 0. The summed E-state index contributed by atoms with van der Waals surface area (Å²) in [6.45, 7) is 1.96. The van der Waals surface area contributed by atoms with Crippen molar-refractivity contribution < 1.29 is 4.74 Å². The molecule has 0 bridgehead atoms. The van der Waals surface area contributed by atoms with E-state index in [2.05, 4.69) is 4.37 Å². The molecule has 0 unspecified atom stereocenters. The van der Waals surface area contributed by atoms with E-state index in [9.17, 15) is 0 Å². The lowest BCUT2D eigenvalue weighted by Gasteiger charge is -2.05. The second kappa shape index (κ2) is 4.31. The van der Waals surface area contributed by atoms with Gasteiger partial charge < -0.3 is 10.5 Å². The Morgan fingerprint density at radius 2 is 2.00 bits per heavy atom. The summed E-state index contributed by atoms with van der Waals surface area (Å²) in [5, 5.41) is 1.04. The van der Waals surface area contributed by atoms with Gasteiger partial charge in [-0.1, -0.05) is 12.1 Å². The van der Waals surface area contributed by atoms with Crippen molar-refractivity contribution in [2.75, 3.05) is 5.73 Å². The van der Waals surface area contributed by atoms with Crippen molar-refractivity contribution in [3.05, 3.63) is 48.0 Å². The normalized spacial score (nSPS) is 10.7. The van der Waals surface area contributed by atoms with Crippen molar-refractivity contribution in [3.8, 4) is 11.6 Å². The Bertz CT molecular complexity index is 706. The fourth-order valence-corrected chi connectivity index (χ4v) is 2.47. The Hall–Kier alpha value is -2.07. The molecule has 0 amide bonds. The van der Waals surface area contributed by atoms with Gasteiger partial charge in [-0.05, 0) is 54.4 Å². The zero-order chi connectivity index (χ0) is 12.5. The van der Waals surface area contributed by atoms with Gasteiger partial charge in [0.2, 0.25) is 5.88 Å². The predicted molar refractivity (Wildman–Crippen MR) is 75.3 cm³/mol. The van der Waals surface area contributed by atoms with Crippen LogP contribution in [0.5, 0.6) is 11.6 Å². The van der Waals surface area contributed by atoms with E-state index in [0.29, 0.717) is 5.88 Å². The highest BCUT2D eigenvalue weighted by molar-refractivity contribution is 7.13. The molecule has 0 spiro atoms. The fourth-order valence-electron chi connectivity index (χ4n) is 1.76. The highest BCUT2D eigenvalue weighted by atomic mass is 32.1. The molecule has 0 saturated heterocycles. The molecule has 0 aliphatic rings. The van der Waals surface area contributed by atoms with Gasteiger partial charge in [0.15, 0.2) is 0 Å². The predicted octanol–water partition coefficient (Wildman–Crippen LogP) is 3.98. The summed E-state index contributed by atoms with van der Waals surface area (Å²) in [6, 6.07) is 13.7. The van der Waals surface area contributed by atoms with E-state index in [1.807, 2.05) is 49.4 Å². The molecule has 3 aromatic rings. The van der Waals surface area contributed by atoms with Crippen LogP contribution in [0.2, 0.25) is 0 Å². The van der Waals surface area contributed by atoms with Gasteiger partial charge in [-0.3, -0.25) is 0 Å². The van der Waals surface area contributed by atoms with Gasteiger partial charge in [-0.2, -0.15) is 4.37 Å². The Balaban J connectivity index is 1.98. The van der Waals surface area contributed by atoms with Crippen molar-refractivity contribution in [2.24, 2.45) is 0 Å². The topological polar surface area (TPSA) is 48.1 Å². The highest BCUT2D eigenvalue weighted by Crippen LogP contribution is 2.32. The SMILES string of the molecule is Cc1cc(Oc2nsc3ccccc23)ccc1N. The van der Waals surface area contributed by atoms with E-state index >= 15 is 0 Å². The number of nitrogens with zero attached hydrogens (tertiary/aromatic N) is 1. The van der Waals surface area contributed by atoms with E-state index < -0.39 is 0 Å². The van der Waals surface area contributed by atoms with Crippen LogP contribution in [0.1, 0.15) is 5.56 Å². The fraction of sp³-hybridized carbons (Fsp3) is 0.0714. The lowest BCUT2D eigenvalue weighted by atomic mass is 10.2. The minimum absolute atomic E-state index is 0.653. The first kappa shape index (κ1) is 11.0. The van der Waals surface area contributed by atoms with E-state index in [4.69, 9.17) is 10.5 Å². The number of benzene rings is 2. The van der Waals surface area contributed by atoms with Crippen molar-refractivity contribution in [3.63, 3.8) is 0 Å². The number of aromatic nitrogens is 1. The third-order valence-electron chi connectivity index (χ3n) is 2.80. The van der Waals surface area contributed by atoms with Gasteiger partial charge in [0.25, 0.3) is 0 Å². The summed E-state index contributed by atoms with van der Waals surface area (Å²) >= 11 is 1.44. The molecule has 0 radical (unpaired) electrons. The first-order chi connectivity index (χ1) is 8.74. The van der Waals surface area contributed by atoms with Crippen LogP contribution >= 0.6 is 11.5 Å². The van der Waals surface area contributed by atoms with Gasteiger partial charge in [0.1, 0.15) is 5.75 Å². The van der Waals surface area contributed by atoms with Gasteiger partial charge in [0.05, 0.1) is 10.1 Å². The zero-order valence-corrected chi connectivity index (χ0v) is 10.7. The van der Waals surface area contributed by atoms with Gasteiger partial charge in [-0.25, -0.2) is 0 Å². The molecular weight excluding hydrogens is 244 g/mol. The smallest absolute Gasteiger partial charge is 0.238 e. The van der Waals surface area contributed by atoms with Crippen LogP contribution in [0.15, 0.2) is 42.5 Å². The summed E-state index contributed by atoms with van der Waals surface area (Å²) in [6.07, 6.45) is 0. The molecule has 0 atom stereocenters.